The number of hydrogen-bond donors (Lipinski definition) is 0. The molecule has 4 aromatic rings. The van der Waals surface area contributed by atoms with Crippen molar-refractivity contribution in [2.75, 3.05) is 18.0 Å². The number of anilines is 1. The molecule has 0 N–H and O–H groups in total. The van der Waals surface area contributed by atoms with Gasteiger partial charge in [0, 0.05) is 35.4 Å². The molecular formula is C25H25ClFN7O2. The van der Waals surface area contributed by atoms with E-state index in [-0.39, 0.29) is 33.9 Å². The lowest BCUT2D eigenvalue weighted by Crippen LogP contribution is -2.43. The summed E-state index contributed by atoms with van der Waals surface area (Å²) in [6.07, 6.45) is 7.35. The maximum absolute atomic E-state index is 15.0. The van der Waals surface area contributed by atoms with Crippen LogP contribution in [0, 0.1) is 5.82 Å². The largest absolute Gasteiger partial charge is 0.367 e. The maximum atomic E-state index is 15.0. The number of morpholine rings is 1. The quantitative estimate of drug-likeness (QED) is 0.399. The van der Waals surface area contributed by atoms with E-state index in [9.17, 15) is 4.79 Å². The molecule has 0 spiro atoms. The maximum Gasteiger partial charge on any atom is 0.293 e. The van der Waals surface area contributed by atoms with Crippen LogP contribution in [-0.4, -0.2) is 48.7 Å². The third-order valence-corrected chi connectivity index (χ3v) is 6.88. The van der Waals surface area contributed by atoms with E-state index < -0.39 is 5.82 Å². The van der Waals surface area contributed by atoms with E-state index in [1.807, 2.05) is 35.8 Å². The number of benzene rings is 1. The highest BCUT2D eigenvalue weighted by Gasteiger charge is 2.32. The average molecular weight is 510 g/mol. The van der Waals surface area contributed by atoms with Gasteiger partial charge < -0.3 is 9.64 Å². The second-order valence-corrected chi connectivity index (χ2v) is 9.79. The predicted octanol–water partition coefficient (Wildman–Crippen LogP) is 4.16. The minimum Gasteiger partial charge on any atom is -0.367 e. The monoisotopic (exact) mass is 509 g/mol. The third-order valence-electron chi connectivity index (χ3n) is 6.64. The van der Waals surface area contributed by atoms with E-state index in [0.29, 0.717) is 42.7 Å². The summed E-state index contributed by atoms with van der Waals surface area (Å²) >= 11 is 5.99. The molecule has 1 aliphatic heterocycles. The Morgan fingerprint density at radius 2 is 2.00 bits per heavy atom. The summed E-state index contributed by atoms with van der Waals surface area (Å²) in [5.41, 5.74) is 1.36. The normalized spacial score (nSPS) is 20.3. The minimum atomic E-state index is -0.533. The van der Waals surface area contributed by atoms with Gasteiger partial charge in [0.05, 0.1) is 42.2 Å². The van der Waals surface area contributed by atoms with E-state index in [0.717, 1.165) is 18.4 Å². The van der Waals surface area contributed by atoms with Crippen molar-refractivity contribution >= 4 is 28.5 Å². The van der Waals surface area contributed by atoms with Crippen molar-refractivity contribution in [3.63, 3.8) is 0 Å². The molecule has 0 amide bonds. The number of fused-ring (bicyclic) bond motifs is 1. The number of aryl methyl sites for hydroxylation is 1. The average Bonchev–Trinajstić information content (AvgIpc) is 3.60. The Balaban J connectivity index is 1.46. The molecule has 6 rings (SSSR count). The highest BCUT2D eigenvalue weighted by molar-refractivity contribution is 6.30. The minimum absolute atomic E-state index is 0.118. The van der Waals surface area contributed by atoms with E-state index in [1.165, 1.54) is 16.9 Å². The molecule has 186 valence electrons. The molecule has 1 saturated heterocycles. The fourth-order valence-corrected chi connectivity index (χ4v) is 4.81. The second-order valence-electron chi connectivity index (χ2n) is 9.35. The lowest BCUT2D eigenvalue weighted by Gasteiger charge is -2.36. The number of nitrogens with zero attached hydrogens (tertiary/aromatic N) is 7. The SMILES string of the molecule is CCn1ncc2c(-c3ccc(Cl)cc3F)nc(N3C[C@H](C)O[C@@H](c4cnn(C5CC5)c4)C3)nc2c1=O. The van der Waals surface area contributed by atoms with Crippen LogP contribution in [0.3, 0.4) is 0 Å². The van der Waals surface area contributed by atoms with Gasteiger partial charge in [0.2, 0.25) is 5.95 Å². The number of rotatable bonds is 5. The second kappa shape index (κ2) is 8.94. The molecule has 1 saturated carbocycles. The number of halogens is 2. The molecule has 36 heavy (non-hydrogen) atoms. The Labute approximate surface area is 211 Å². The molecule has 3 aromatic heterocycles. The molecule has 0 unspecified atom stereocenters. The van der Waals surface area contributed by atoms with Gasteiger partial charge in [-0.15, -0.1) is 0 Å². The number of hydrogen-bond acceptors (Lipinski definition) is 7. The Morgan fingerprint density at radius 1 is 1.17 bits per heavy atom. The third kappa shape index (κ3) is 4.14. The summed E-state index contributed by atoms with van der Waals surface area (Å²) in [7, 11) is 0. The topological polar surface area (TPSA) is 91.0 Å². The first-order valence-electron chi connectivity index (χ1n) is 12.1. The van der Waals surface area contributed by atoms with Gasteiger partial charge in [0.15, 0.2) is 0 Å². The van der Waals surface area contributed by atoms with Gasteiger partial charge in [-0.2, -0.15) is 10.2 Å². The summed E-state index contributed by atoms with van der Waals surface area (Å²) in [6, 6.07) is 4.87. The smallest absolute Gasteiger partial charge is 0.293 e. The van der Waals surface area contributed by atoms with Crippen LogP contribution in [-0.2, 0) is 11.3 Å². The van der Waals surface area contributed by atoms with Gasteiger partial charge in [-0.25, -0.2) is 19.0 Å². The summed E-state index contributed by atoms with van der Waals surface area (Å²) in [5, 5.41) is 9.38. The van der Waals surface area contributed by atoms with Gasteiger partial charge >= 0.3 is 0 Å². The molecule has 1 aliphatic carbocycles. The highest BCUT2D eigenvalue weighted by Crippen LogP contribution is 2.36. The van der Waals surface area contributed by atoms with Crippen LogP contribution in [0.5, 0.6) is 0 Å². The zero-order valence-electron chi connectivity index (χ0n) is 19.9. The molecule has 1 aromatic carbocycles. The van der Waals surface area contributed by atoms with Gasteiger partial charge in [-0.3, -0.25) is 9.48 Å². The van der Waals surface area contributed by atoms with Crippen LogP contribution in [0.4, 0.5) is 10.3 Å². The number of aromatic nitrogens is 6. The molecule has 2 fully saturated rings. The van der Waals surface area contributed by atoms with E-state index >= 15 is 4.39 Å². The van der Waals surface area contributed by atoms with E-state index in [2.05, 4.69) is 15.2 Å². The summed E-state index contributed by atoms with van der Waals surface area (Å²) in [5.74, 6) is -0.193. The van der Waals surface area contributed by atoms with Crippen LogP contribution in [0.2, 0.25) is 5.02 Å². The van der Waals surface area contributed by atoms with Crippen molar-refractivity contribution in [3.05, 3.63) is 63.5 Å². The van der Waals surface area contributed by atoms with Gasteiger partial charge in [0.25, 0.3) is 5.56 Å². The van der Waals surface area contributed by atoms with Gasteiger partial charge in [-0.05, 0) is 44.9 Å². The van der Waals surface area contributed by atoms with E-state index in [4.69, 9.17) is 21.3 Å². The summed E-state index contributed by atoms with van der Waals surface area (Å²) in [6.45, 7) is 5.20. The predicted molar refractivity (Wildman–Crippen MR) is 134 cm³/mol. The zero-order valence-corrected chi connectivity index (χ0v) is 20.7. The Hall–Kier alpha value is -3.37. The summed E-state index contributed by atoms with van der Waals surface area (Å²) in [4.78, 5) is 24.6. The molecule has 2 aliphatic rings. The number of ether oxygens (including phenoxy) is 1. The molecule has 0 radical (unpaired) electrons. The van der Waals surface area contributed by atoms with Crippen LogP contribution in [0.25, 0.3) is 22.2 Å². The lowest BCUT2D eigenvalue weighted by atomic mass is 10.1. The fraction of sp³-hybridized carbons (Fsp3) is 0.400. The van der Waals surface area contributed by atoms with Crippen LogP contribution in [0.15, 0.2) is 41.6 Å². The molecular weight excluding hydrogens is 485 g/mol. The van der Waals surface area contributed by atoms with E-state index in [1.54, 1.807) is 12.1 Å². The first kappa shape index (κ1) is 23.1. The molecule has 4 heterocycles. The zero-order chi connectivity index (χ0) is 25.0. The molecule has 0 bridgehead atoms. The Morgan fingerprint density at radius 3 is 2.75 bits per heavy atom. The van der Waals surface area contributed by atoms with Crippen LogP contribution >= 0.6 is 11.6 Å². The first-order chi connectivity index (χ1) is 17.4. The fourth-order valence-electron chi connectivity index (χ4n) is 4.66. The van der Waals surface area contributed by atoms with Crippen LogP contribution in [0.1, 0.15) is 44.4 Å². The first-order valence-corrected chi connectivity index (χ1v) is 12.5. The Kier molecular flexibility index (Phi) is 5.72. The van der Waals surface area contributed by atoms with Crippen molar-refractivity contribution in [1.29, 1.82) is 0 Å². The van der Waals surface area contributed by atoms with Crippen molar-refractivity contribution in [2.24, 2.45) is 0 Å². The Bertz CT molecular complexity index is 1520. The van der Waals surface area contributed by atoms with Crippen LogP contribution < -0.4 is 10.5 Å². The van der Waals surface area contributed by atoms with Crippen molar-refractivity contribution in [2.45, 2.75) is 51.5 Å². The van der Waals surface area contributed by atoms with Gasteiger partial charge in [0.1, 0.15) is 17.4 Å². The van der Waals surface area contributed by atoms with Crippen molar-refractivity contribution in [1.82, 2.24) is 29.5 Å². The standard InChI is InChI=1S/C25H25ClFN7O2/c1-3-33-24(35)23-19(10-29-33)22(18-7-4-16(26)8-20(18)27)30-25(31-23)32-11-14(2)36-21(13-32)15-9-28-34(12-15)17-5-6-17/h4,7-10,12,14,17,21H,3,5-6,11,13H2,1-2H3/t14-,21+/m0/s1. The lowest BCUT2D eigenvalue weighted by molar-refractivity contribution is -0.0178. The molecule has 11 heteroatoms. The highest BCUT2D eigenvalue weighted by atomic mass is 35.5. The summed E-state index contributed by atoms with van der Waals surface area (Å²) < 4.78 is 24.6. The van der Waals surface area contributed by atoms with Crippen molar-refractivity contribution in [3.8, 4) is 11.3 Å². The van der Waals surface area contributed by atoms with Gasteiger partial charge in [-0.1, -0.05) is 11.6 Å². The van der Waals surface area contributed by atoms with Crippen molar-refractivity contribution < 1.29 is 9.13 Å². The molecule has 9 nitrogen and oxygen atoms in total. The molecule has 2 atom stereocenters.